The van der Waals surface area contributed by atoms with Crippen LogP contribution in [0.5, 0.6) is 0 Å². The molecule has 14 heavy (non-hydrogen) atoms. The van der Waals surface area contributed by atoms with E-state index in [0.29, 0.717) is 6.61 Å². The summed E-state index contributed by atoms with van der Waals surface area (Å²) in [5.41, 5.74) is -0.449. The molecule has 3 nitrogen and oxygen atoms in total. The molecule has 0 saturated heterocycles. The number of allylic oxidation sites excluding steroid dienone is 1. The fourth-order valence-electron chi connectivity index (χ4n) is 0.749. The third-order valence-corrected chi connectivity index (χ3v) is 1.42. The van der Waals surface area contributed by atoms with Gasteiger partial charge in [-0.15, -0.1) is 0 Å². The van der Waals surface area contributed by atoms with E-state index in [9.17, 15) is 4.79 Å². The summed E-state index contributed by atoms with van der Waals surface area (Å²) in [5.74, 6) is -0.318. The predicted octanol–water partition coefficient (Wildman–Crippen LogP) is 2.31. The summed E-state index contributed by atoms with van der Waals surface area (Å²) in [6, 6.07) is 0. The van der Waals surface area contributed by atoms with E-state index in [1.165, 1.54) is 0 Å². The average molecular weight is 200 g/mol. The second-order valence-electron chi connectivity index (χ2n) is 4.08. The molecule has 0 fully saturated rings. The van der Waals surface area contributed by atoms with Crippen molar-refractivity contribution in [2.75, 3.05) is 6.61 Å². The van der Waals surface area contributed by atoms with Crippen LogP contribution in [0.4, 0.5) is 0 Å². The van der Waals surface area contributed by atoms with Gasteiger partial charge in [0.05, 0.1) is 6.61 Å². The molecule has 0 radical (unpaired) electrons. The minimum atomic E-state index is -0.509. The second-order valence-corrected chi connectivity index (χ2v) is 4.08. The molecule has 3 heteroatoms. The number of ether oxygens (including phenoxy) is 2. The first-order valence-electron chi connectivity index (χ1n) is 4.82. The van der Waals surface area contributed by atoms with Crippen LogP contribution in [0.2, 0.25) is 0 Å². The maximum atomic E-state index is 11.4. The molecular weight excluding hydrogens is 180 g/mol. The summed E-state index contributed by atoms with van der Waals surface area (Å²) in [5, 5.41) is 0. The van der Waals surface area contributed by atoms with Gasteiger partial charge in [0.2, 0.25) is 0 Å². The summed E-state index contributed by atoms with van der Waals surface area (Å²) in [6.07, 6.45) is 3.22. The Balaban J connectivity index is 3.88. The minimum Gasteiger partial charge on any atom is -0.458 e. The molecule has 0 amide bonds. The van der Waals surface area contributed by atoms with Crippen molar-refractivity contribution >= 4 is 5.97 Å². The first-order valence-corrected chi connectivity index (χ1v) is 4.82. The number of esters is 1. The zero-order chi connectivity index (χ0) is 11.2. The number of hydrogen-bond acceptors (Lipinski definition) is 3. The minimum absolute atomic E-state index is 0.318. The van der Waals surface area contributed by atoms with Gasteiger partial charge in [-0.2, -0.15) is 0 Å². The lowest BCUT2D eigenvalue weighted by Gasteiger charge is -2.22. The third-order valence-electron chi connectivity index (χ3n) is 1.42. The predicted molar refractivity (Wildman–Crippen MR) is 56.1 cm³/mol. The van der Waals surface area contributed by atoms with E-state index in [0.717, 1.165) is 0 Å². The van der Waals surface area contributed by atoms with Crippen LogP contribution in [0.15, 0.2) is 12.2 Å². The van der Waals surface area contributed by atoms with E-state index in [-0.39, 0.29) is 5.97 Å². The molecule has 0 spiro atoms. The molecular formula is C11H20O3. The Labute approximate surface area is 86.1 Å². The molecule has 0 heterocycles. The van der Waals surface area contributed by atoms with Gasteiger partial charge >= 0.3 is 5.97 Å². The summed E-state index contributed by atoms with van der Waals surface area (Å²) >= 11 is 0. The molecule has 0 bridgehead atoms. The Kier molecular flexibility index (Phi) is 5.46. The summed E-state index contributed by atoms with van der Waals surface area (Å²) in [7, 11) is 0. The molecule has 0 rings (SSSR count). The van der Waals surface area contributed by atoms with E-state index in [2.05, 4.69) is 0 Å². The number of rotatable bonds is 4. The highest BCUT2D eigenvalue weighted by Gasteiger charge is 2.21. The summed E-state index contributed by atoms with van der Waals surface area (Å²) in [6.45, 7) is 9.55. The number of carbonyl (C=O) groups excluding carboxylic acids is 1. The van der Waals surface area contributed by atoms with Crippen LogP contribution in [-0.2, 0) is 14.3 Å². The van der Waals surface area contributed by atoms with Crippen LogP contribution >= 0.6 is 0 Å². The van der Waals surface area contributed by atoms with Gasteiger partial charge in [0.15, 0.2) is 6.10 Å². The van der Waals surface area contributed by atoms with Crippen molar-refractivity contribution in [1.29, 1.82) is 0 Å². The van der Waals surface area contributed by atoms with E-state index in [4.69, 9.17) is 9.47 Å². The Hall–Kier alpha value is -0.830. The Morgan fingerprint density at radius 1 is 1.43 bits per heavy atom. The maximum absolute atomic E-state index is 11.4. The zero-order valence-electron chi connectivity index (χ0n) is 9.66. The van der Waals surface area contributed by atoms with Gasteiger partial charge in [-0.05, 0) is 34.6 Å². The first-order chi connectivity index (χ1) is 6.37. The van der Waals surface area contributed by atoms with Gasteiger partial charge in [0, 0.05) is 0 Å². The van der Waals surface area contributed by atoms with E-state index in [1.54, 1.807) is 6.92 Å². The molecule has 0 N–H and O–H groups in total. The van der Waals surface area contributed by atoms with Gasteiger partial charge < -0.3 is 9.47 Å². The largest absolute Gasteiger partial charge is 0.458 e. The molecule has 0 aliphatic heterocycles. The fraction of sp³-hybridized carbons (Fsp3) is 0.727. The molecule has 0 aromatic carbocycles. The molecule has 0 aromatic heterocycles. The highest BCUT2D eigenvalue weighted by Crippen LogP contribution is 2.09. The summed E-state index contributed by atoms with van der Waals surface area (Å²) in [4.78, 5) is 11.4. The van der Waals surface area contributed by atoms with Gasteiger partial charge in [-0.25, -0.2) is 4.79 Å². The molecule has 0 aromatic rings. The highest BCUT2D eigenvalue weighted by atomic mass is 16.6. The van der Waals surface area contributed by atoms with Crippen molar-refractivity contribution in [2.45, 2.75) is 46.3 Å². The van der Waals surface area contributed by atoms with Gasteiger partial charge in [-0.3, -0.25) is 0 Å². The van der Waals surface area contributed by atoms with Crippen LogP contribution in [-0.4, -0.2) is 24.3 Å². The lowest BCUT2D eigenvalue weighted by molar-refractivity contribution is -0.166. The second kappa shape index (κ2) is 5.81. The molecule has 82 valence electrons. The topological polar surface area (TPSA) is 35.5 Å². The standard InChI is InChI=1S/C11H20O3/c1-6-7-8-13-9(2)10(12)14-11(3,4)5/h6-7,9H,8H2,1-5H3. The van der Waals surface area contributed by atoms with Crippen molar-refractivity contribution < 1.29 is 14.3 Å². The van der Waals surface area contributed by atoms with E-state index in [1.807, 2.05) is 39.8 Å². The number of hydrogen-bond donors (Lipinski definition) is 0. The zero-order valence-corrected chi connectivity index (χ0v) is 9.66. The van der Waals surface area contributed by atoms with Crippen molar-refractivity contribution in [3.8, 4) is 0 Å². The van der Waals surface area contributed by atoms with Crippen LogP contribution in [0, 0.1) is 0 Å². The Morgan fingerprint density at radius 2 is 2.00 bits per heavy atom. The lowest BCUT2D eigenvalue weighted by atomic mass is 10.2. The summed E-state index contributed by atoms with van der Waals surface area (Å²) < 4.78 is 10.4. The molecule has 0 aliphatic rings. The Bertz CT molecular complexity index is 201. The monoisotopic (exact) mass is 200 g/mol. The molecule has 1 unspecified atom stereocenters. The highest BCUT2D eigenvalue weighted by molar-refractivity contribution is 5.74. The quantitative estimate of drug-likeness (QED) is 0.516. The van der Waals surface area contributed by atoms with Gasteiger partial charge in [0.25, 0.3) is 0 Å². The van der Waals surface area contributed by atoms with E-state index >= 15 is 0 Å². The van der Waals surface area contributed by atoms with Crippen LogP contribution in [0.25, 0.3) is 0 Å². The lowest BCUT2D eigenvalue weighted by Crippen LogP contribution is -2.31. The Morgan fingerprint density at radius 3 is 2.43 bits per heavy atom. The first kappa shape index (κ1) is 13.2. The van der Waals surface area contributed by atoms with Crippen LogP contribution in [0.1, 0.15) is 34.6 Å². The van der Waals surface area contributed by atoms with Crippen molar-refractivity contribution in [3.05, 3.63) is 12.2 Å². The molecule has 0 aliphatic carbocycles. The maximum Gasteiger partial charge on any atom is 0.335 e. The van der Waals surface area contributed by atoms with Crippen molar-refractivity contribution in [3.63, 3.8) is 0 Å². The number of carbonyl (C=O) groups is 1. The van der Waals surface area contributed by atoms with Crippen molar-refractivity contribution in [1.82, 2.24) is 0 Å². The van der Waals surface area contributed by atoms with Crippen LogP contribution < -0.4 is 0 Å². The average Bonchev–Trinajstić information content (AvgIpc) is 2.01. The normalized spacial score (nSPS) is 14.4. The third kappa shape index (κ3) is 6.66. The SMILES string of the molecule is CC=CCOC(C)C(=O)OC(C)(C)C. The van der Waals surface area contributed by atoms with E-state index < -0.39 is 11.7 Å². The fourth-order valence-corrected chi connectivity index (χ4v) is 0.749. The van der Waals surface area contributed by atoms with Gasteiger partial charge in [0.1, 0.15) is 5.60 Å². The van der Waals surface area contributed by atoms with Crippen LogP contribution in [0.3, 0.4) is 0 Å². The molecule has 0 saturated carbocycles. The van der Waals surface area contributed by atoms with Crippen molar-refractivity contribution in [2.24, 2.45) is 0 Å². The van der Waals surface area contributed by atoms with Gasteiger partial charge in [-0.1, -0.05) is 12.2 Å². The molecule has 1 atom stereocenters. The smallest absolute Gasteiger partial charge is 0.335 e.